The molecular weight excluding hydrogens is 207 g/mol. The van der Waals surface area contributed by atoms with Crippen molar-refractivity contribution >= 4 is 0 Å². The monoisotopic (exact) mass is 217 g/mol. The summed E-state index contributed by atoms with van der Waals surface area (Å²) in [6, 6.07) is -0.154. The van der Waals surface area contributed by atoms with Gasteiger partial charge in [0.05, 0.1) is 5.56 Å². The summed E-state index contributed by atoms with van der Waals surface area (Å²) in [5.74, 6) is -4.37. The molecule has 2 N–H and O–H groups in total. The Bertz CT molecular complexity index is 362. The Hall–Kier alpha value is -1.23. The fourth-order valence-electron chi connectivity index (χ4n) is 1.85. The van der Waals surface area contributed by atoms with E-state index in [-0.39, 0.29) is 5.56 Å². The molecule has 0 saturated carbocycles. The number of hydrogen-bond acceptors (Lipinski definition) is 2. The molecule has 1 saturated heterocycles. The first-order chi connectivity index (χ1) is 7.11. The first-order valence-corrected chi connectivity index (χ1v) is 4.71. The first kappa shape index (κ1) is 10.3. The van der Waals surface area contributed by atoms with Crippen LogP contribution in [0.2, 0.25) is 0 Å². The molecule has 1 fully saturated rings. The molecular formula is C10H10F3NO. The van der Waals surface area contributed by atoms with Crippen LogP contribution in [-0.4, -0.2) is 11.7 Å². The summed E-state index contributed by atoms with van der Waals surface area (Å²) in [4.78, 5) is 0. The zero-order chi connectivity index (χ0) is 11.0. The fraction of sp³-hybridized carbons (Fsp3) is 0.400. The Kier molecular flexibility index (Phi) is 2.56. The van der Waals surface area contributed by atoms with Gasteiger partial charge in [-0.1, -0.05) is 0 Å². The molecule has 2 rings (SSSR count). The summed E-state index contributed by atoms with van der Waals surface area (Å²) in [7, 11) is 0. The highest BCUT2D eigenvalue weighted by molar-refractivity contribution is 5.38. The van der Waals surface area contributed by atoms with Gasteiger partial charge in [0.15, 0.2) is 23.2 Å². The van der Waals surface area contributed by atoms with Gasteiger partial charge in [-0.3, -0.25) is 0 Å². The van der Waals surface area contributed by atoms with Crippen molar-refractivity contribution in [3.05, 3.63) is 29.1 Å². The van der Waals surface area contributed by atoms with E-state index in [1.165, 1.54) is 0 Å². The van der Waals surface area contributed by atoms with Crippen molar-refractivity contribution in [1.29, 1.82) is 0 Å². The molecule has 0 bridgehead atoms. The normalized spacial score (nSPS) is 20.9. The Morgan fingerprint density at radius 3 is 2.60 bits per heavy atom. The van der Waals surface area contributed by atoms with Crippen molar-refractivity contribution in [3.63, 3.8) is 0 Å². The number of rotatable bonds is 1. The molecule has 15 heavy (non-hydrogen) atoms. The summed E-state index contributed by atoms with van der Waals surface area (Å²) < 4.78 is 39.3. The fourth-order valence-corrected chi connectivity index (χ4v) is 1.85. The zero-order valence-electron chi connectivity index (χ0n) is 7.86. The Balaban J connectivity index is 2.52. The van der Waals surface area contributed by atoms with Gasteiger partial charge in [-0.25, -0.2) is 13.2 Å². The lowest BCUT2D eigenvalue weighted by molar-refractivity contribution is 0.390. The van der Waals surface area contributed by atoms with Crippen LogP contribution in [0.5, 0.6) is 5.75 Å². The van der Waals surface area contributed by atoms with Crippen LogP contribution in [0.1, 0.15) is 24.4 Å². The summed E-state index contributed by atoms with van der Waals surface area (Å²) in [6.07, 6.45) is 1.36. The SMILES string of the molecule is Oc1c(F)cc(F)c(F)c1C1CCCN1. The van der Waals surface area contributed by atoms with Crippen molar-refractivity contribution in [1.82, 2.24) is 5.32 Å². The van der Waals surface area contributed by atoms with Crippen LogP contribution in [-0.2, 0) is 0 Å². The minimum Gasteiger partial charge on any atom is -0.505 e. The van der Waals surface area contributed by atoms with Crippen LogP contribution in [0.4, 0.5) is 13.2 Å². The molecule has 1 atom stereocenters. The van der Waals surface area contributed by atoms with Crippen LogP contribution in [0.25, 0.3) is 0 Å². The summed E-state index contributed by atoms with van der Waals surface area (Å²) in [6.45, 7) is 0.654. The third kappa shape index (κ3) is 1.67. The van der Waals surface area contributed by atoms with Gasteiger partial charge in [-0.2, -0.15) is 0 Å². The molecule has 1 aromatic carbocycles. The maximum Gasteiger partial charge on any atom is 0.168 e. The third-order valence-corrected chi connectivity index (χ3v) is 2.59. The molecule has 0 aromatic heterocycles. The molecule has 0 spiro atoms. The van der Waals surface area contributed by atoms with Gasteiger partial charge in [0.2, 0.25) is 0 Å². The predicted molar refractivity (Wildman–Crippen MR) is 48.0 cm³/mol. The van der Waals surface area contributed by atoms with Crippen molar-refractivity contribution in [3.8, 4) is 5.75 Å². The van der Waals surface area contributed by atoms with Crippen LogP contribution in [0, 0.1) is 17.5 Å². The number of hydrogen-bond donors (Lipinski definition) is 2. The first-order valence-electron chi connectivity index (χ1n) is 4.71. The summed E-state index contributed by atoms with van der Waals surface area (Å²) >= 11 is 0. The molecule has 1 aliphatic heterocycles. The third-order valence-electron chi connectivity index (χ3n) is 2.59. The Morgan fingerprint density at radius 1 is 1.27 bits per heavy atom. The van der Waals surface area contributed by atoms with Gasteiger partial charge in [0.1, 0.15) is 0 Å². The van der Waals surface area contributed by atoms with E-state index in [0.717, 1.165) is 6.42 Å². The predicted octanol–water partition coefficient (Wildman–Crippen LogP) is 2.23. The lowest BCUT2D eigenvalue weighted by atomic mass is 10.0. The maximum atomic E-state index is 13.4. The molecule has 1 aromatic rings. The van der Waals surface area contributed by atoms with E-state index in [1.807, 2.05) is 0 Å². The van der Waals surface area contributed by atoms with E-state index in [0.29, 0.717) is 19.0 Å². The zero-order valence-corrected chi connectivity index (χ0v) is 7.86. The topological polar surface area (TPSA) is 32.3 Å². The molecule has 2 nitrogen and oxygen atoms in total. The number of halogens is 3. The van der Waals surface area contributed by atoms with E-state index < -0.39 is 29.2 Å². The number of nitrogens with one attached hydrogen (secondary N) is 1. The van der Waals surface area contributed by atoms with Gasteiger partial charge in [0, 0.05) is 12.1 Å². The highest BCUT2D eigenvalue weighted by Crippen LogP contribution is 2.35. The molecule has 1 heterocycles. The standard InChI is InChI=1S/C10H10F3NO/c11-5-4-6(12)10(15)8(9(5)13)7-2-1-3-14-7/h4,7,14-15H,1-3H2. The van der Waals surface area contributed by atoms with Crippen molar-refractivity contribution in [2.75, 3.05) is 6.54 Å². The van der Waals surface area contributed by atoms with Crippen LogP contribution < -0.4 is 5.32 Å². The highest BCUT2D eigenvalue weighted by atomic mass is 19.2. The van der Waals surface area contributed by atoms with E-state index in [1.54, 1.807) is 0 Å². The smallest absolute Gasteiger partial charge is 0.168 e. The average molecular weight is 217 g/mol. The van der Waals surface area contributed by atoms with E-state index in [2.05, 4.69) is 5.32 Å². The van der Waals surface area contributed by atoms with Crippen molar-refractivity contribution < 1.29 is 18.3 Å². The van der Waals surface area contributed by atoms with Crippen LogP contribution in [0.15, 0.2) is 6.07 Å². The van der Waals surface area contributed by atoms with Crippen LogP contribution >= 0.6 is 0 Å². The highest BCUT2D eigenvalue weighted by Gasteiger charge is 2.27. The van der Waals surface area contributed by atoms with Gasteiger partial charge in [-0.05, 0) is 19.4 Å². The van der Waals surface area contributed by atoms with E-state index >= 15 is 0 Å². The minimum absolute atomic E-state index is 0.301. The largest absolute Gasteiger partial charge is 0.505 e. The Morgan fingerprint density at radius 2 is 2.00 bits per heavy atom. The number of benzene rings is 1. The second-order valence-corrected chi connectivity index (χ2v) is 3.57. The molecule has 1 unspecified atom stereocenters. The molecule has 0 aliphatic carbocycles. The Labute approximate surface area is 84.7 Å². The van der Waals surface area contributed by atoms with E-state index in [9.17, 15) is 18.3 Å². The van der Waals surface area contributed by atoms with Gasteiger partial charge >= 0.3 is 0 Å². The second kappa shape index (κ2) is 3.73. The second-order valence-electron chi connectivity index (χ2n) is 3.57. The number of phenolic OH excluding ortho intramolecular Hbond substituents is 1. The quantitative estimate of drug-likeness (QED) is 0.707. The van der Waals surface area contributed by atoms with E-state index in [4.69, 9.17) is 0 Å². The maximum absolute atomic E-state index is 13.4. The molecule has 0 amide bonds. The van der Waals surface area contributed by atoms with Crippen molar-refractivity contribution in [2.24, 2.45) is 0 Å². The summed E-state index contributed by atoms with van der Waals surface area (Å²) in [5, 5.41) is 12.2. The molecule has 5 heteroatoms. The molecule has 1 aliphatic rings. The average Bonchev–Trinajstić information content (AvgIpc) is 2.69. The minimum atomic E-state index is -1.27. The lowest BCUT2D eigenvalue weighted by Gasteiger charge is -2.14. The van der Waals surface area contributed by atoms with Crippen molar-refractivity contribution in [2.45, 2.75) is 18.9 Å². The molecule has 0 radical (unpaired) electrons. The van der Waals surface area contributed by atoms with Gasteiger partial charge < -0.3 is 10.4 Å². The number of phenols is 1. The lowest BCUT2D eigenvalue weighted by Crippen LogP contribution is -2.15. The number of aromatic hydroxyl groups is 1. The molecule has 82 valence electrons. The summed E-state index contributed by atoms with van der Waals surface area (Å²) in [5.41, 5.74) is -0.301. The van der Waals surface area contributed by atoms with Crippen LogP contribution in [0.3, 0.4) is 0 Å². The van der Waals surface area contributed by atoms with Gasteiger partial charge in [-0.15, -0.1) is 0 Å². The van der Waals surface area contributed by atoms with Gasteiger partial charge in [0.25, 0.3) is 0 Å².